The highest BCUT2D eigenvalue weighted by atomic mass is 35.5. The fourth-order valence-electron chi connectivity index (χ4n) is 2.34. The van der Waals surface area contributed by atoms with Crippen LogP contribution in [0.4, 0.5) is 5.69 Å². The minimum Gasteiger partial charge on any atom is -0.325 e. The molecule has 1 N–H and O–H groups in total. The van der Waals surface area contributed by atoms with Crippen LogP contribution in [0.3, 0.4) is 0 Å². The summed E-state index contributed by atoms with van der Waals surface area (Å²) in [5.41, 5.74) is 2.59. The molecule has 1 amide bonds. The molecule has 1 aromatic carbocycles. The fraction of sp³-hybridized carbons (Fsp3) is 0.222. The summed E-state index contributed by atoms with van der Waals surface area (Å²) in [7, 11) is 1.88. The van der Waals surface area contributed by atoms with Gasteiger partial charge in [0.2, 0.25) is 5.91 Å². The average molecular weight is 388 g/mol. The normalized spacial score (nSPS) is 12.0. The van der Waals surface area contributed by atoms with Crippen molar-refractivity contribution in [3.8, 4) is 11.4 Å². The van der Waals surface area contributed by atoms with E-state index in [1.807, 2.05) is 43.7 Å². The zero-order valence-corrected chi connectivity index (χ0v) is 16.2. The zero-order valence-electron chi connectivity index (χ0n) is 14.6. The Balaban J connectivity index is 1.72. The third kappa shape index (κ3) is 4.05. The van der Waals surface area contributed by atoms with Gasteiger partial charge in [0.25, 0.3) is 0 Å². The first-order valence-corrected chi connectivity index (χ1v) is 9.25. The smallest absolute Gasteiger partial charge is 0.237 e. The van der Waals surface area contributed by atoms with E-state index in [9.17, 15) is 4.79 Å². The predicted octanol–water partition coefficient (Wildman–Crippen LogP) is 3.96. The molecule has 0 bridgehead atoms. The number of hydrogen-bond donors (Lipinski definition) is 1. The second kappa shape index (κ2) is 7.88. The number of carbonyl (C=O) groups excluding carboxylic acids is 1. The van der Waals surface area contributed by atoms with Crippen molar-refractivity contribution in [3.63, 3.8) is 0 Å². The van der Waals surface area contributed by atoms with Crippen LogP contribution in [0.1, 0.15) is 12.5 Å². The van der Waals surface area contributed by atoms with Gasteiger partial charge in [-0.25, -0.2) is 0 Å². The molecule has 6 nitrogen and oxygen atoms in total. The van der Waals surface area contributed by atoms with E-state index in [0.29, 0.717) is 15.9 Å². The monoisotopic (exact) mass is 387 g/mol. The first-order chi connectivity index (χ1) is 12.5. The quantitative estimate of drug-likeness (QED) is 0.671. The van der Waals surface area contributed by atoms with Gasteiger partial charge >= 0.3 is 0 Å². The molecule has 0 aliphatic rings. The molecular weight excluding hydrogens is 370 g/mol. The summed E-state index contributed by atoms with van der Waals surface area (Å²) in [5.74, 6) is 0.613. The summed E-state index contributed by atoms with van der Waals surface area (Å²) in [6.07, 6.45) is 3.42. The SMILES string of the molecule is Cc1ccc(Cl)cc1NC(=O)[C@@H](C)Sc1nnc(-c2ccncc2)n1C. The number of nitrogens with one attached hydrogen (secondary N) is 1. The van der Waals surface area contributed by atoms with Crippen molar-refractivity contribution in [2.75, 3.05) is 5.32 Å². The number of benzene rings is 1. The van der Waals surface area contributed by atoms with E-state index in [4.69, 9.17) is 11.6 Å². The van der Waals surface area contributed by atoms with E-state index in [1.165, 1.54) is 11.8 Å². The summed E-state index contributed by atoms with van der Waals surface area (Å²) >= 11 is 7.36. The summed E-state index contributed by atoms with van der Waals surface area (Å²) < 4.78 is 1.87. The lowest BCUT2D eigenvalue weighted by molar-refractivity contribution is -0.115. The van der Waals surface area contributed by atoms with Crippen LogP contribution < -0.4 is 5.32 Å². The van der Waals surface area contributed by atoms with Gasteiger partial charge in [-0.3, -0.25) is 9.78 Å². The molecule has 2 heterocycles. The summed E-state index contributed by atoms with van der Waals surface area (Å²) in [6.45, 7) is 3.76. The van der Waals surface area contributed by atoms with Crippen LogP contribution >= 0.6 is 23.4 Å². The third-order valence-corrected chi connectivity index (χ3v) is 5.25. The van der Waals surface area contributed by atoms with Crippen molar-refractivity contribution in [2.45, 2.75) is 24.3 Å². The molecule has 1 atom stereocenters. The number of nitrogens with zero attached hydrogens (tertiary/aromatic N) is 4. The van der Waals surface area contributed by atoms with Gasteiger partial charge in [0, 0.05) is 35.7 Å². The molecule has 0 saturated heterocycles. The van der Waals surface area contributed by atoms with Crippen molar-refractivity contribution in [2.24, 2.45) is 7.05 Å². The Labute approximate surface area is 161 Å². The van der Waals surface area contributed by atoms with E-state index in [1.54, 1.807) is 24.5 Å². The van der Waals surface area contributed by atoms with Gasteiger partial charge in [-0.15, -0.1) is 10.2 Å². The van der Waals surface area contributed by atoms with E-state index in [-0.39, 0.29) is 11.2 Å². The zero-order chi connectivity index (χ0) is 18.7. The molecule has 134 valence electrons. The first kappa shape index (κ1) is 18.4. The molecule has 0 aliphatic heterocycles. The molecule has 0 radical (unpaired) electrons. The van der Waals surface area contributed by atoms with Crippen LogP contribution in [-0.2, 0) is 11.8 Å². The van der Waals surface area contributed by atoms with Crippen molar-refractivity contribution in [1.29, 1.82) is 0 Å². The second-order valence-electron chi connectivity index (χ2n) is 5.81. The van der Waals surface area contributed by atoms with Gasteiger partial charge in [0.05, 0.1) is 5.25 Å². The van der Waals surface area contributed by atoms with Crippen LogP contribution in [-0.4, -0.2) is 30.9 Å². The number of carbonyl (C=O) groups is 1. The summed E-state index contributed by atoms with van der Waals surface area (Å²) in [5, 5.41) is 12.3. The lowest BCUT2D eigenvalue weighted by atomic mass is 10.2. The molecule has 0 spiro atoms. The molecule has 3 aromatic rings. The molecule has 3 rings (SSSR count). The summed E-state index contributed by atoms with van der Waals surface area (Å²) in [6, 6.07) is 9.16. The van der Waals surface area contributed by atoms with Gasteiger partial charge < -0.3 is 9.88 Å². The van der Waals surface area contributed by atoms with Gasteiger partial charge in [-0.2, -0.15) is 0 Å². The Morgan fingerprint density at radius 2 is 1.96 bits per heavy atom. The molecule has 26 heavy (non-hydrogen) atoms. The minimum atomic E-state index is -0.346. The van der Waals surface area contributed by atoms with Gasteiger partial charge in [-0.05, 0) is 43.7 Å². The number of pyridine rings is 1. The maximum absolute atomic E-state index is 12.5. The lowest BCUT2D eigenvalue weighted by Gasteiger charge is -2.13. The van der Waals surface area contributed by atoms with Crippen molar-refractivity contribution in [3.05, 3.63) is 53.3 Å². The van der Waals surface area contributed by atoms with Crippen molar-refractivity contribution < 1.29 is 4.79 Å². The highest BCUT2D eigenvalue weighted by Crippen LogP contribution is 2.27. The molecule has 0 unspecified atom stereocenters. The third-order valence-electron chi connectivity index (χ3n) is 3.88. The average Bonchev–Trinajstić information content (AvgIpc) is 2.99. The van der Waals surface area contributed by atoms with E-state index < -0.39 is 0 Å². The molecule has 0 saturated carbocycles. The first-order valence-electron chi connectivity index (χ1n) is 7.99. The predicted molar refractivity (Wildman–Crippen MR) is 104 cm³/mol. The van der Waals surface area contributed by atoms with E-state index in [2.05, 4.69) is 20.5 Å². The maximum atomic E-state index is 12.5. The topological polar surface area (TPSA) is 72.7 Å². The summed E-state index contributed by atoms with van der Waals surface area (Å²) in [4.78, 5) is 16.5. The highest BCUT2D eigenvalue weighted by molar-refractivity contribution is 8.00. The van der Waals surface area contributed by atoms with Crippen molar-refractivity contribution >= 4 is 35.0 Å². The highest BCUT2D eigenvalue weighted by Gasteiger charge is 2.20. The van der Waals surface area contributed by atoms with Crippen LogP contribution in [0.2, 0.25) is 5.02 Å². The van der Waals surface area contributed by atoms with Gasteiger partial charge in [0.15, 0.2) is 11.0 Å². The van der Waals surface area contributed by atoms with E-state index >= 15 is 0 Å². The Hall–Kier alpha value is -2.38. The Morgan fingerprint density at radius 1 is 1.23 bits per heavy atom. The number of anilines is 1. The lowest BCUT2D eigenvalue weighted by Crippen LogP contribution is -2.23. The fourth-order valence-corrected chi connectivity index (χ4v) is 3.33. The van der Waals surface area contributed by atoms with Crippen LogP contribution in [0.15, 0.2) is 47.9 Å². The number of rotatable bonds is 5. The van der Waals surface area contributed by atoms with Gasteiger partial charge in [-0.1, -0.05) is 29.4 Å². The number of hydrogen-bond acceptors (Lipinski definition) is 5. The van der Waals surface area contributed by atoms with Crippen molar-refractivity contribution in [1.82, 2.24) is 19.7 Å². The molecule has 8 heteroatoms. The molecular formula is C18H18ClN5OS. The number of aromatic nitrogens is 4. The number of halogens is 1. The van der Waals surface area contributed by atoms with E-state index in [0.717, 1.165) is 17.0 Å². The largest absolute Gasteiger partial charge is 0.325 e. The molecule has 0 aliphatic carbocycles. The minimum absolute atomic E-state index is 0.117. The number of aryl methyl sites for hydroxylation is 1. The second-order valence-corrected chi connectivity index (χ2v) is 7.55. The standard InChI is InChI=1S/C18H18ClN5OS/c1-11-4-5-14(19)10-15(11)21-17(25)12(2)26-18-23-22-16(24(18)3)13-6-8-20-9-7-13/h4-10,12H,1-3H3,(H,21,25)/t12-/m1/s1. The number of thioether (sulfide) groups is 1. The Kier molecular flexibility index (Phi) is 5.58. The Bertz CT molecular complexity index is 929. The van der Waals surface area contributed by atoms with Crippen LogP contribution in [0.25, 0.3) is 11.4 Å². The number of amides is 1. The maximum Gasteiger partial charge on any atom is 0.237 e. The molecule has 2 aromatic heterocycles. The van der Waals surface area contributed by atoms with Gasteiger partial charge in [0.1, 0.15) is 0 Å². The Morgan fingerprint density at radius 3 is 2.69 bits per heavy atom. The van der Waals surface area contributed by atoms with Crippen LogP contribution in [0, 0.1) is 6.92 Å². The molecule has 0 fully saturated rings. The van der Waals surface area contributed by atoms with Crippen LogP contribution in [0.5, 0.6) is 0 Å².